The molecule has 10 nitrogen and oxygen atoms in total. The Kier molecular flexibility index (Phi) is 8.57. The summed E-state index contributed by atoms with van der Waals surface area (Å²) in [6.45, 7) is 4.78. The molecule has 1 N–H and O–H groups in total. The minimum Gasteiger partial charge on any atom is -0.394 e. The molecule has 0 aliphatic carbocycles. The maximum atomic E-state index is 13.1. The Balaban J connectivity index is 1.86. The van der Waals surface area contributed by atoms with Crippen LogP contribution >= 0.6 is 0 Å². The third kappa shape index (κ3) is 6.17. The quantitative estimate of drug-likeness (QED) is 0.660. The first-order chi connectivity index (χ1) is 15.7. The molecule has 2 aromatic rings. The number of hydrogen-bond donors (Lipinski definition) is 1. The Bertz CT molecular complexity index is 1010. The second kappa shape index (κ2) is 11.2. The highest BCUT2D eigenvalue weighted by Gasteiger charge is 2.31. The number of aliphatic hydroxyl groups is 1. The first kappa shape index (κ1) is 25.3. The van der Waals surface area contributed by atoms with Gasteiger partial charge in [0, 0.05) is 39.0 Å². The van der Waals surface area contributed by atoms with E-state index in [1.807, 2.05) is 6.92 Å². The monoisotopic (exact) mass is 479 g/mol. The van der Waals surface area contributed by atoms with Crippen molar-refractivity contribution in [1.82, 2.24) is 24.2 Å². The van der Waals surface area contributed by atoms with E-state index in [0.717, 1.165) is 5.69 Å². The predicted molar refractivity (Wildman–Crippen MR) is 122 cm³/mol. The number of aryl methyl sites for hydroxylation is 1. The molecule has 1 aliphatic rings. The van der Waals surface area contributed by atoms with Crippen molar-refractivity contribution < 1.29 is 23.1 Å². The van der Waals surface area contributed by atoms with Crippen LogP contribution in [-0.2, 0) is 32.7 Å². The molecule has 0 unspecified atom stereocenters. The molecule has 0 radical (unpaired) electrons. The van der Waals surface area contributed by atoms with Gasteiger partial charge in [-0.15, -0.1) is 5.10 Å². The largest absolute Gasteiger partial charge is 0.394 e. The van der Waals surface area contributed by atoms with Gasteiger partial charge in [0.1, 0.15) is 0 Å². The van der Waals surface area contributed by atoms with E-state index in [9.17, 15) is 18.3 Å². The molecule has 33 heavy (non-hydrogen) atoms. The van der Waals surface area contributed by atoms with Crippen molar-refractivity contribution >= 4 is 15.9 Å². The van der Waals surface area contributed by atoms with Gasteiger partial charge in [0.2, 0.25) is 15.9 Å². The number of carbonyl (C=O) groups is 1. The van der Waals surface area contributed by atoms with Crippen LogP contribution < -0.4 is 0 Å². The molecule has 11 heteroatoms. The minimum absolute atomic E-state index is 0.0605. The Hall–Kier alpha value is -2.34. The van der Waals surface area contributed by atoms with E-state index in [2.05, 4.69) is 10.3 Å². The van der Waals surface area contributed by atoms with Crippen LogP contribution in [-0.4, -0.2) is 82.5 Å². The number of likely N-dealkylation sites (N-methyl/N-ethyl adjacent to an activating group) is 1. The second-order valence-corrected chi connectivity index (χ2v) is 10.6. The molecule has 0 saturated carbocycles. The Morgan fingerprint density at radius 1 is 1.30 bits per heavy atom. The highest BCUT2D eigenvalue weighted by molar-refractivity contribution is 7.89. The minimum atomic E-state index is -3.70. The van der Waals surface area contributed by atoms with E-state index >= 15 is 0 Å². The topological polar surface area (TPSA) is 118 Å². The maximum Gasteiger partial charge on any atom is 0.242 e. The summed E-state index contributed by atoms with van der Waals surface area (Å²) in [4.78, 5) is 14.8. The van der Waals surface area contributed by atoms with Crippen LogP contribution in [0.25, 0.3) is 0 Å². The van der Waals surface area contributed by atoms with Crippen LogP contribution in [0.5, 0.6) is 0 Å². The highest BCUT2D eigenvalue weighted by Crippen LogP contribution is 2.21. The zero-order valence-corrected chi connectivity index (χ0v) is 20.2. The van der Waals surface area contributed by atoms with Crippen molar-refractivity contribution in [2.24, 2.45) is 5.92 Å². The summed E-state index contributed by atoms with van der Waals surface area (Å²) in [5.74, 6) is -0.255. The number of hydrogen-bond acceptors (Lipinski definition) is 7. The number of carbonyl (C=O) groups excluding carboxylic acids is 1. The molecule has 2 heterocycles. The molecule has 182 valence electrons. The number of aromatic nitrogens is 3. The van der Waals surface area contributed by atoms with Crippen molar-refractivity contribution in [3.05, 3.63) is 42.2 Å². The first-order valence-corrected chi connectivity index (χ1v) is 12.6. The molecule has 3 atom stereocenters. The summed E-state index contributed by atoms with van der Waals surface area (Å²) in [7, 11) is -2.18. The van der Waals surface area contributed by atoms with Crippen molar-refractivity contribution in [2.75, 3.05) is 26.7 Å². The number of amides is 1. The Morgan fingerprint density at radius 2 is 2.03 bits per heavy atom. The van der Waals surface area contributed by atoms with E-state index < -0.39 is 16.1 Å². The van der Waals surface area contributed by atoms with E-state index in [0.29, 0.717) is 25.9 Å². The average Bonchev–Trinajstić information content (AvgIpc) is 3.26. The van der Waals surface area contributed by atoms with Gasteiger partial charge >= 0.3 is 0 Å². The molecule has 0 spiro atoms. The van der Waals surface area contributed by atoms with Crippen molar-refractivity contribution in [2.45, 2.75) is 56.9 Å². The standard InChI is InChI=1S/C22H33N5O5S/c1-17-13-26(18(2)15-28)22(29)10-7-11-27-19(12-23-24-27)16-32-21(17)14-25(3)33(30,31)20-8-5-4-6-9-20/h4-6,8-9,12,17-18,21,28H,7,10-11,13-16H2,1-3H3/t17-,18-,21-/m0/s1. The SMILES string of the molecule is C[C@H]1CN([C@@H](C)CO)C(=O)CCCn2nncc2CO[C@H]1CN(C)S(=O)(=O)c1ccccc1. The fourth-order valence-electron chi connectivity index (χ4n) is 3.87. The predicted octanol–water partition coefficient (Wildman–Crippen LogP) is 1.12. The summed E-state index contributed by atoms with van der Waals surface area (Å²) >= 11 is 0. The van der Waals surface area contributed by atoms with E-state index in [4.69, 9.17) is 4.74 Å². The lowest BCUT2D eigenvalue weighted by atomic mass is 10.0. The van der Waals surface area contributed by atoms with Gasteiger partial charge in [-0.25, -0.2) is 13.1 Å². The van der Waals surface area contributed by atoms with Gasteiger partial charge in [-0.3, -0.25) is 4.79 Å². The molecule has 1 aromatic heterocycles. The van der Waals surface area contributed by atoms with Crippen LogP contribution in [0, 0.1) is 5.92 Å². The summed E-state index contributed by atoms with van der Waals surface area (Å²) in [6, 6.07) is 7.90. The van der Waals surface area contributed by atoms with Crippen LogP contribution in [0.4, 0.5) is 0 Å². The van der Waals surface area contributed by atoms with E-state index in [-0.39, 0.29) is 42.5 Å². The lowest BCUT2D eigenvalue weighted by Crippen LogP contribution is -2.47. The third-order valence-corrected chi connectivity index (χ3v) is 7.87. The van der Waals surface area contributed by atoms with Gasteiger partial charge in [0.05, 0.1) is 42.1 Å². The lowest BCUT2D eigenvalue weighted by Gasteiger charge is -2.35. The molecule has 1 aromatic carbocycles. The number of benzene rings is 1. The van der Waals surface area contributed by atoms with E-state index in [1.54, 1.807) is 53.0 Å². The number of nitrogens with zero attached hydrogens (tertiary/aromatic N) is 5. The van der Waals surface area contributed by atoms with Gasteiger partial charge in [0.25, 0.3) is 0 Å². The summed E-state index contributed by atoms with van der Waals surface area (Å²) < 4.78 is 35.3. The molecule has 3 rings (SSSR count). The number of ether oxygens (including phenoxy) is 1. The lowest BCUT2D eigenvalue weighted by molar-refractivity contribution is -0.136. The fourth-order valence-corrected chi connectivity index (χ4v) is 5.07. The highest BCUT2D eigenvalue weighted by atomic mass is 32.2. The Labute approximate surface area is 195 Å². The van der Waals surface area contributed by atoms with E-state index in [1.165, 1.54) is 11.4 Å². The van der Waals surface area contributed by atoms with Crippen LogP contribution in [0.3, 0.4) is 0 Å². The molecular formula is C22H33N5O5S. The van der Waals surface area contributed by atoms with Gasteiger partial charge in [-0.1, -0.05) is 30.3 Å². The summed E-state index contributed by atoms with van der Waals surface area (Å²) in [5, 5.41) is 17.7. The summed E-state index contributed by atoms with van der Waals surface area (Å²) in [5.41, 5.74) is 0.773. The van der Waals surface area contributed by atoms with Crippen LogP contribution in [0.15, 0.2) is 41.4 Å². The number of fused-ring (bicyclic) bond motifs is 1. The maximum absolute atomic E-state index is 13.1. The Morgan fingerprint density at radius 3 is 2.73 bits per heavy atom. The average molecular weight is 480 g/mol. The molecular weight excluding hydrogens is 446 g/mol. The second-order valence-electron chi connectivity index (χ2n) is 8.56. The molecule has 0 saturated heterocycles. The van der Waals surface area contributed by atoms with Gasteiger partial charge in [-0.2, -0.15) is 4.31 Å². The number of aliphatic hydroxyl groups excluding tert-OH is 1. The van der Waals surface area contributed by atoms with Crippen molar-refractivity contribution in [1.29, 1.82) is 0 Å². The van der Waals surface area contributed by atoms with Gasteiger partial charge in [-0.05, 0) is 25.5 Å². The number of rotatable bonds is 6. The molecule has 1 amide bonds. The zero-order valence-electron chi connectivity index (χ0n) is 19.4. The smallest absolute Gasteiger partial charge is 0.242 e. The number of sulfonamides is 1. The zero-order chi connectivity index (χ0) is 24.0. The first-order valence-electron chi connectivity index (χ1n) is 11.1. The van der Waals surface area contributed by atoms with Crippen LogP contribution in [0.2, 0.25) is 0 Å². The molecule has 0 fully saturated rings. The molecule has 1 aliphatic heterocycles. The van der Waals surface area contributed by atoms with Crippen LogP contribution in [0.1, 0.15) is 32.4 Å². The third-order valence-electron chi connectivity index (χ3n) is 6.03. The normalized spacial score (nSPS) is 21.8. The molecule has 0 bridgehead atoms. The van der Waals surface area contributed by atoms with Crippen molar-refractivity contribution in [3.63, 3.8) is 0 Å². The fraction of sp³-hybridized carbons (Fsp3) is 0.591. The van der Waals surface area contributed by atoms with Crippen molar-refractivity contribution in [3.8, 4) is 0 Å². The van der Waals surface area contributed by atoms with Gasteiger partial charge in [0.15, 0.2) is 0 Å². The summed E-state index contributed by atoms with van der Waals surface area (Å²) in [6.07, 6.45) is 2.04. The van der Waals surface area contributed by atoms with Gasteiger partial charge < -0.3 is 14.7 Å².